The first-order valence-electron chi connectivity index (χ1n) is 11.3. The first-order valence-corrected chi connectivity index (χ1v) is 12.8. The molecule has 1 N–H and O–H groups in total. The highest BCUT2D eigenvalue weighted by Crippen LogP contribution is 2.47. The third-order valence-corrected chi connectivity index (χ3v) is 7.76. The van der Waals surface area contributed by atoms with Crippen molar-refractivity contribution < 1.29 is 22.7 Å². The molecule has 38 heavy (non-hydrogen) atoms. The third kappa shape index (κ3) is 4.30. The Morgan fingerprint density at radius 1 is 1.24 bits per heavy atom. The number of carbonyl (C=O) groups is 1. The molecule has 2 aliphatic rings. The maximum atomic E-state index is 14.3. The number of fused-ring (bicyclic) bond motifs is 1. The maximum Gasteiger partial charge on any atom is 0.417 e. The normalized spacial score (nSPS) is 17.5. The molecule has 1 atom stereocenters. The minimum absolute atomic E-state index is 0.0161. The van der Waals surface area contributed by atoms with Gasteiger partial charge < -0.3 is 14.1 Å². The van der Waals surface area contributed by atoms with Crippen LogP contribution in [0.15, 0.2) is 67.9 Å². The number of thiazole rings is 1. The fourth-order valence-corrected chi connectivity index (χ4v) is 5.82. The molecule has 194 valence electrons. The summed E-state index contributed by atoms with van der Waals surface area (Å²) < 4.78 is 39.7. The van der Waals surface area contributed by atoms with Crippen molar-refractivity contribution in [3.05, 3.63) is 84.8 Å². The highest BCUT2D eigenvalue weighted by molar-refractivity contribution is 7.13. The number of aromatic nitrogens is 2. The highest BCUT2D eigenvalue weighted by atomic mass is 35.5. The van der Waals surface area contributed by atoms with Crippen molar-refractivity contribution >= 4 is 57.3 Å². The molecule has 0 aliphatic carbocycles. The summed E-state index contributed by atoms with van der Waals surface area (Å²) in [7, 11) is 0. The number of aromatic amines is 1. The van der Waals surface area contributed by atoms with Gasteiger partial charge in [-0.05, 0) is 24.3 Å². The van der Waals surface area contributed by atoms with Crippen LogP contribution in [0.4, 0.5) is 8.78 Å². The lowest BCUT2D eigenvalue weighted by atomic mass is 9.95. The molecular formula is C25H16Cl2F2N4O4S. The molecular weight excluding hydrogens is 561 g/mol. The molecule has 0 saturated carbocycles. The lowest BCUT2D eigenvalue weighted by Gasteiger charge is -2.29. The number of nitrogens with one attached hydrogen (secondary N) is 1. The average molecular weight is 577 g/mol. The fraction of sp³-hybridized carbons (Fsp3) is 0.200. The Morgan fingerprint density at radius 3 is 2.82 bits per heavy atom. The number of ether oxygens (including phenoxy) is 1. The summed E-state index contributed by atoms with van der Waals surface area (Å²) in [6, 6.07) is 8.92. The molecule has 0 radical (unpaired) electrons. The summed E-state index contributed by atoms with van der Waals surface area (Å²) in [5, 5.41) is 0.879. The van der Waals surface area contributed by atoms with Crippen LogP contribution in [-0.4, -0.2) is 45.5 Å². The number of oxazole rings is 1. The molecule has 4 aromatic rings. The van der Waals surface area contributed by atoms with Gasteiger partial charge in [-0.1, -0.05) is 40.6 Å². The molecule has 1 unspecified atom stereocenters. The van der Waals surface area contributed by atoms with Crippen LogP contribution in [-0.2, 0) is 4.79 Å². The number of carbonyl (C=O) groups excluding carboxylic acids is 1. The summed E-state index contributed by atoms with van der Waals surface area (Å²) in [5.74, 6) is -3.94. The third-order valence-electron chi connectivity index (χ3n) is 6.10. The Kier molecular flexibility index (Phi) is 5.89. The van der Waals surface area contributed by atoms with Crippen molar-refractivity contribution in [3.8, 4) is 10.9 Å². The predicted molar refractivity (Wildman–Crippen MR) is 139 cm³/mol. The van der Waals surface area contributed by atoms with E-state index in [9.17, 15) is 18.4 Å². The lowest BCUT2D eigenvalue weighted by molar-refractivity contribution is -0.132. The Morgan fingerprint density at radius 2 is 2.05 bits per heavy atom. The number of benzene rings is 2. The number of amides is 1. The van der Waals surface area contributed by atoms with E-state index in [1.54, 1.807) is 30.3 Å². The van der Waals surface area contributed by atoms with Crippen LogP contribution in [0.5, 0.6) is 10.9 Å². The smallest absolute Gasteiger partial charge is 0.417 e. The van der Waals surface area contributed by atoms with E-state index in [0.717, 1.165) is 23.2 Å². The number of para-hydroxylation sites is 1. The molecule has 8 nitrogen and oxygen atoms in total. The first kappa shape index (κ1) is 24.8. The molecule has 0 spiro atoms. The molecule has 0 fully saturated rings. The number of hydrogen-bond donors (Lipinski definition) is 1. The quantitative estimate of drug-likeness (QED) is 0.302. The summed E-state index contributed by atoms with van der Waals surface area (Å²) in [6.07, 6.45) is 1.49. The second-order valence-corrected chi connectivity index (χ2v) is 10.7. The van der Waals surface area contributed by atoms with Crippen molar-refractivity contribution in [1.29, 1.82) is 0 Å². The molecule has 6 rings (SSSR count). The van der Waals surface area contributed by atoms with Crippen LogP contribution in [0, 0.1) is 0 Å². The van der Waals surface area contributed by atoms with E-state index in [1.807, 2.05) is 0 Å². The Hall–Kier alpha value is -3.54. The summed E-state index contributed by atoms with van der Waals surface area (Å²) in [6.45, 7) is -0.0280. The molecule has 2 aromatic carbocycles. The average Bonchev–Trinajstić information content (AvgIpc) is 3.61. The number of aliphatic imine (C=N–C) groups is 1. The first-order chi connectivity index (χ1) is 18.1. The van der Waals surface area contributed by atoms with Crippen molar-refractivity contribution in [2.75, 3.05) is 13.1 Å². The Labute approximate surface area is 227 Å². The number of halogens is 4. The molecule has 0 bridgehead atoms. The molecule has 1 amide bonds. The van der Waals surface area contributed by atoms with Crippen molar-refractivity contribution in [1.82, 2.24) is 14.9 Å². The largest absolute Gasteiger partial charge is 0.431 e. The number of alkyl halides is 2. The fourth-order valence-electron chi connectivity index (χ4n) is 4.63. The van der Waals surface area contributed by atoms with Crippen molar-refractivity contribution in [3.63, 3.8) is 0 Å². The van der Waals surface area contributed by atoms with Gasteiger partial charge in [-0.2, -0.15) is 0 Å². The van der Waals surface area contributed by atoms with Gasteiger partial charge in [0.05, 0.1) is 45.3 Å². The zero-order valence-corrected chi connectivity index (χ0v) is 21.8. The Bertz CT molecular complexity index is 1740. The van der Waals surface area contributed by atoms with Gasteiger partial charge in [0.15, 0.2) is 5.58 Å². The van der Waals surface area contributed by atoms with Crippen LogP contribution >= 0.6 is 34.5 Å². The van der Waals surface area contributed by atoms with Gasteiger partial charge in [-0.25, -0.2) is 18.6 Å². The van der Waals surface area contributed by atoms with Gasteiger partial charge >= 0.3 is 5.76 Å². The van der Waals surface area contributed by atoms with E-state index < -0.39 is 30.2 Å². The van der Waals surface area contributed by atoms with Crippen molar-refractivity contribution in [2.24, 2.45) is 4.99 Å². The summed E-state index contributed by atoms with van der Waals surface area (Å²) in [5.41, 5.74) is 2.38. The lowest BCUT2D eigenvalue weighted by Crippen LogP contribution is -2.39. The standard InChI is InChI=1S/C25H16Cl2F2N4O4S/c1-25(28,29)10-33-20(17-9-31-24(38-17)36-11-5-6-14(26)15(27)7-11)18-13(22(33)34)8-30-19(18)12-3-2-4-16-21(12)37-23(35)32-16/h2-7,9,20H,8,10H2,1H3,(H,32,35). The number of H-pyrrole nitrogens is 1. The van der Waals surface area contributed by atoms with E-state index in [2.05, 4.69) is 15.0 Å². The van der Waals surface area contributed by atoms with Gasteiger partial charge in [0.2, 0.25) is 0 Å². The number of rotatable bonds is 6. The molecule has 13 heteroatoms. The SMILES string of the molecule is CC(F)(F)CN1C(=O)C2=C(C(c3cccc4[nH]c(=O)oc34)=NC2)C1c1cnc(Oc2ccc(Cl)c(Cl)c2)s1. The minimum Gasteiger partial charge on any atom is -0.431 e. The summed E-state index contributed by atoms with van der Waals surface area (Å²) >= 11 is 13.1. The van der Waals surface area contributed by atoms with E-state index in [4.69, 9.17) is 32.4 Å². The molecule has 2 aliphatic heterocycles. The second kappa shape index (κ2) is 9.04. The minimum atomic E-state index is -3.15. The maximum absolute atomic E-state index is 14.3. The van der Waals surface area contributed by atoms with Gasteiger partial charge in [0, 0.05) is 35.9 Å². The van der Waals surface area contributed by atoms with E-state index >= 15 is 0 Å². The zero-order valence-electron chi connectivity index (χ0n) is 19.4. The second-order valence-electron chi connectivity index (χ2n) is 8.87. The van der Waals surface area contributed by atoms with E-state index in [0.29, 0.717) is 48.6 Å². The van der Waals surface area contributed by atoms with Crippen LogP contribution in [0.25, 0.3) is 11.1 Å². The molecule has 0 saturated heterocycles. The van der Waals surface area contributed by atoms with E-state index in [-0.39, 0.29) is 17.3 Å². The van der Waals surface area contributed by atoms with Crippen molar-refractivity contribution in [2.45, 2.75) is 18.9 Å². The number of hydrogen-bond acceptors (Lipinski definition) is 7. The molecule has 2 aromatic heterocycles. The monoisotopic (exact) mass is 576 g/mol. The summed E-state index contributed by atoms with van der Waals surface area (Å²) in [4.78, 5) is 38.3. The van der Waals surface area contributed by atoms with Crippen LogP contribution in [0.2, 0.25) is 10.0 Å². The van der Waals surface area contributed by atoms with Crippen LogP contribution in [0.1, 0.15) is 23.4 Å². The van der Waals surface area contributed by atoms with Gasteiger partial charge in [0.1, 0.15) is 5.75 Å². The van der Waals surface area contributed by atoms with Gasteiger partial charge in [0.25, 0.3) is 17.0 Å². The van der Waals surface area contributed by atoms with E-state index in [1.165, 1.54) is 12.3 Å². The van der Waals surface area contributed by atoms with Crippen LogP contribution < -0.4 is 10.5 Å². The highest BCUT2D eigenvalue weighted by Gasteiger charge is 2.48. The Balaban J connectivity index is 1.42. The van der Waals surface area contributed by atoms with Gasteiger partial charge in [-0.3, -0.25) is 14.8 Å². The van der Waals surface area contributed by atoms with Gasteiger partial charge in [-0.15, -0.1) is 0 Å². The van der Waals surface area contributed by atoms with Crippen LogP contribution in [0.3, 0.4) is 0 Å². The number of nitrogens with zero attached hydrogens (tertiary/aromatic N) is 3. The topological polar surface area (TPSA) is 101 Å². The zero-order chi connectivity index (χ0) is 26.8. The molecule has 4 heterocycles. The predicted octanol–water partition coefficient (Wildman–Crippen LogP) is 6.01.